The number of rotatable bonds is 4. The number of hydrogen-bond donors (Lipinski definition) is 2. The highest BCUT2D eigenvalue weighted by atomic mass is 127. The van der Waals surface area contributed by atoms with Crippen LogP contribution in [0.5, 0.6) is 0 Å². The molecule has 1 aliphatic heterocycles. The molecule has 0 bridgehead atoms. The van der Waals surface area contributed by atoms with Crippen molar-refractivity contribution in [2.24, 2.45) is 12.0 Å². The summed E-state index contributed by atoms with van der Waals surface area (Å²) in [5.41, 5.74) is -0.738. The molecule has 0 spiro atoms. The first kappa shape index (κ1) is 22.3. The molecule has 6 nitrogen and oxygen atoms in total. The van der Waals surface area contributed by atoms with E-state index in [1.807, 2.05) is 0 Å². The Labute approximate surface area is 175 Å². The fourth-order valence-electron chi connectivity index (χ4n) is 3.98. The Kier molecular flexibility index (Phi) is 7.78. The van der Waals surface area contributed by atoms with E-state index < -0.39 is 11.9 Å². The molecule has 0 aromatic carbocycles. The van der Waals surface area contributed by atoms with E-state index in [2.05, 4.69) is 25.6 Å². The van der Waals surface area contributed by atoms with Crippen molar-refractivity contribution in [1.82, 2.24) is 25.3 Å². The summed E-state index contributed by atoms with van der Waals surface area (Å²) in [6.45, 7) is 2.06. The van der Waals surface area contributed by atoms with Crippen LogP contribution in [-0.2, 0) is 19.8 Å². The van der Waals surface area contributed by atoms with Crippen molar-refractivity contribution < 1.29 is 13.2 Å². The highest BCUT2D eigenvalue weighted by molar-refractivity contribution is 14.0. The number of aromatic nitrogens is 2. The topological polar surface area (TPSA) is 57.5 Å². The summed E-state index contributed by atoms with van der Waals surface area (Å²) in [7, 11) is 3.12. The first-order chi connectivity index (χ1) is 12.4. The summed E-state index contributed by atoms with van der Waals surface area (Å²) in [6.07, 6.45) is 3.15. The van der Waals surface area contributed by atoms with Crippen LogP contribution in [-0.4, -0.2) is 52.9 Å². The molecule has 1 unspecified atom stereocenters. The van der Waals surface area contributed by atoms with Gasteiger partial charge in [0.2, 0.25) is 0 Å². The molecule has 1 saturated heterocycles. The van der Waals surface area contributed by atoms with E-state index in [9.17, 15) is 13.2 Å². The third-order valence-electron chi connectivity index (χ3n) is 5.24. The maximum atomic E-state index is 13.0. The standard InChI is InChI=1S/C17H27F3N6.HI/c1-21-16(22-9-12-10-25(2)24-15(12)17(18,19)20)23-13-7-8-26(11-13)14-5-3-4-6-14;/h10,13-14H,3-9,11H2,1-2H3,(H2,21,22,23);1H. The number of aliphatic imine (C=N–C) groups is 1. The van der Waals surface area contributed by atoms with Crippen molar-refractivity contribution in [1.29, 1.82) is 0 Å². The average molecular weight is 500 g/mol. The molecule has 27 heavy (non-hydrogen) atoms. The van der Waals surface area contributed by atoms with Gasteiger partial charge in [-0.3, -0.25) is 14.6 Å². The van der Waals surface area contributed by atoms with Gasteiger partial charge < -0.3 is 10.6 Å². The average Bonchev–Trinajstić information content (AvgIpc) is 3.30. The van der Waals surface area contributed by atoms with Crippen LogP contribution in [0, 0.1) is 0 Å². The number of likely N-dealkylation sites (tertiary alicyclic amines) is 1. The monoisotopic (exact) mass is 500 g/mol. The number of alkyl halides is 3. The van der Waals surface area contributed by atoms with Crippen LogP contribution in [0.2, 0.25) is 0 Å². The third kappa shape index (κ3) is 5.72. The third-order valence-corrected chi connectivity index (χ3v) is 5.24. The molecule has 2 N–H and O–H groups in total. The molecule has 154 valence electrons. The van der Waals surface area contributed by atoms with E-state index in [0.717, 1.165) is 19.5 Å². The van der Waals surface area contributed by atoms with Crippen LogP contribution in [0.1, 0.15) is 43.4 Å². The Balaban J connectivity index is 0.00000261. The Bertz CT molecular complexity index is 639. The maximum Gasteiger partial charge on any atom is 0.435 e. The van der Waals surface area contributed by atoms with E-state index in [1.54, 1.807) is 7.05 Å². The van der Waals surface area contributed by atoms with Gasteiger partial charge in [-0.1, -0.05) is 12.8 Å². The molecule has 10 heteroatoms. The molecule has 0 radical (unpaired) electrons. The molecule has 2 fully saturated rings. The summed E-state index contributed by atoms with van der Waals surface area (Å²) in [5.74, 6) is 0.528. The smallest absolute Gasteiger partial charge is 0.352 e. The Morgan fingerprint density at radius 2 is 2.00 bits per heavy atom. The van der Waals surface area contributed by atoms with Gasteiger partial charge in [-0.25, -0.2) is 0 Å². The number of nitrogens with one attached hydrogen (secondary N) is 2. The van der Waals surface area contributed by atoms with Crippen LogP contribution < -0.4 is 10.6 Å². The summed E-state index contributed by atoms with van der Waals surface area (Å²) in [5, 5.41) is 9.86. The Hall–Kier alpha value is -1.04. The molecule has 1 aromatic heterocycles. The second kappa shape index (κ2) is 9.44. The summed E-state index contributed by atoms with van der Waals surface area (Å²) in [6, 6.07) is 0.972. The number of nitrogens with zero attached hydrogens (tertiary/aromatic N) is 4. The minimum atomic E-state index is -4.46. The van der Waals surface area contributed by atoms with Crippen LogP contribution >= 0.6 is 24.0 Å². The largest absolute Gasteiger partial charge is 0.435 e. The molecule has 1 atom stereocenters. The number of halogens is 4. The van der Waals surface area contributed by atoms with Crippen molar-refractivity contribution in [3.8, 4) is 0 Å². The Morgan fingerprint density at radius 1 is 1.30 bits per heavy atom. The normalized spacial score (nSPS) is 22.1. The fourth-order valence-corrected chi connectivity index (χ4v) is 3.98. The minimum absolute atomic E-state index is 0. The predicted molar refractivity (Wildman–Crippen MR) is 109 cm³/mol. The number of aryl methyl sites for hydroxylation is 1. The van der Waals surface area contributed by atoms with Gasteiger partial charge in [0.25, 0.3) is 0 Å². The molecule has 2 aliphatic rings. The fraction of sp³-hybridized carbons (Fsp3) is 0.765. The second-order valence-corrected chi connectivity index (χ2v) is 7.16. The highest BCUT2D eigenvalue weighted by Gasteiger charge is 2.37. The quantitative estimate of drug-likeness (QED) is 0.380. The first-order valence-electron chi connectivity index (χ1n) is 9.17. The zero-order chi connectivity index (χ0) is 18.7. The van der Waals surface area contributed by atoms with Crippen molar-refractivity contribution in [3.05, 3.63) is 17.5 Å². The molecule has 0 amide bonds. The van der Waals surface area contributed by atoms with Crippen LogP contribution in [0.4, 0.5) is 13.2 Å². The van der Waals surface area contributed by atoms with Gasteiger partial charge >= 0.3 is 6.18 Å². The summed E-state index contributed by atoms with van der Waals surface area (Å²) in [4.78, 5) is 6.68. The second-order valence-electron chi connectivity index (χ2n) is 7.16. The van der Waals surface area contributed by atoms with Gasteiger partial charge in [-0.05, 0) is 19.3 Å². The molecule has 1 aliphatic carbocycles. The number of hydrogen-bond acceptors (Lipinski definition) is 3. The zero-order valence-electron chi connectivity index (χ0n) is 15.7. The van der Waals surface area contributed by atoms with Crippen molar-refractivity contribution >= 4 is 29.9 Å². The zero-order valence-corrected chi connectivity index (χ0v) is 18.1. The first-order valence-corrected chi connectivity index (χ1v) is 9.17. The van der Waals surface area contributed by atoms with E-state index >= 15 is 0 Å². The van der Waals surface area contributed by atoms with E-state index in [-0.39, 0.29) is 42.1 Å². The van der Waals surface area contributed by atoms with E-state index in [0.29, 0.717) is 12.0 Å². The lowest BCUT2D eigenvalue weighted by atomic mass is 10.2. The number of guanidine groups is 1. The lowest BCUT2D eigenvalue weighted by Crippen LogP contribution is -2.45. The lowest BCUT2D eigenvalue weighted by molar-refractivity contribution is -0.142. The Morgan fingerprint density at radius 3 is 2.63 bits per heavy atom. The minimum Gasteiger partial charge on any atom is -0.352 e. The van der Waals surface area contributed by atoms with E-state index in [4.69, 9.17) is 0 Å². The van der Waals surface area contributed by atoms with Crippen LogP contribution in [0.15, 0.2) is 11.2 Å². The van der Waals surface area contributed by atoms with Gasteiger partial charge in [0.15, 0.2) is 11.7 Å². The van der Waals surface area contributed by atoms with Crippen molar-refractivity contribution in [2.45, 2.75) is 56.9 Å². The van der Waals surface area contributed by atoms with Gasteiger partial charge in [0, 0.05) is 57.6 Å². The summed E-state index contributed by atoms with van der Waals surface area (Å²) >= 11 is 0. The van der Waals surface area contributed by atoms with Crippen molar-refractivity contribution in [3.63, 3.8) is 0 Å². The molecule has 3 rings (SSSR count). The molecule has 1 saturated carbocycles. The van der Waals surface area contributed by atoms with Gasteiger partial charge in [-0.2, -0.15) is 18.3 Å². The molecular formula is C17H28F3IN6. The SMILES string of the molecule is CN=C(NCc1cn(C)nc1C(F)(F)F)NC1CCN(C2CCCC2)C1.I. The van der Waals surface area contributed by atoms with Gasteiger partial charge in [0.05, 0.1) is 0 Å². The molecule has 1 aromatic rings. The molecule has 2 heterocycles. The van der Waals surface area contributed by atoms with Crippen LogP contribution in [0.25, 0.3) is 0 Å². The van der Waals surface area contributed by atoms with E-state index in [1.165, 1.54) is 43.6 Å². The highest BCUT2D eigenvalue weighted by Crippen LogP contribution is 2.30. The molecular weight excluding hydrogens is 472 g/mol. The summed E-state index contributed by atoms with van der Waals surface area (Å²) < 4.78 is 40.3. The van der Waals surface area contributed by atoms with Gasteiger partial charge in [0.1, 0.15) is 0 Å². The van der Waals surface area contributed by atoms with Gasteiger partial charge in [-0.15, -0.1) is 24.0 Å². The van der Waals surface area contributed by atoms with Crippen molar-refractivity contribution in [2.75, 3.05) is 20.1 Å². The lowest BCUT2D eigenvalue weighted by Gasteiger charge is -2.24. The van der Waals surface area contributed by atoms with Crippen LogP contribution in [0.3, 0.4) is 0 Å². The maximum absolute atomic E-state index is 13.0. The predicted octanol–water partition coefficient (Wildman–Crippen LogP) is 2.74.